The van der Waals surface area contributed by atoms with E-state index in [2.05, 4.69) is 9.72 Å². The molecule has 4 rings (SSSR count). The van der Waals surface area contributed by atoms with Gasteiger partial charge in [-0.2, -0.15) is 0 Å². The first-order valence-electron chi connectivity index (χ1n) is 9.07. The Hall–Kier alpha value is -2.65. The second kappa shape index (κ2) is 7.64. The van der Waals surface area contributed by atoms with Gasteiger partial charge in [0.1, 0.15) is 11.6 Å². The molecule has 1 fully saturated rings. The van der Waals surface area contributed by atoms with E-state index < -0.39 is 17.9 Å². The van der Waals surface area contributed by atoms with Gasteiger partial charge >= 0.3 is 6.36 Å². The van der Waals surface area contributed by atoms with Crippen molar-refractivity contribution in [3.63, 3.8) is 0 Å². The van der Waals surface area contributed by atoms with Crippen molar-refractivity contribution < 1.29 is 27.0 Å². The van der Waals surface area contributed by atoms with Gasteiger partial charge < -0.3 is 14.0 Å². The van der Waals surface area contributed by atoms with Crippen LogP contribution < -0.4 is 4.74 Å². The van der Waals surface area contributed by atoms with Crippen molar-refractivity contribution in [2.45, 2.75) is 19.0 Å². The van der Waals surface area contributed by atoms with Crippen LogP contribution in [0.5, 0.6) is 5.75 Å². The molecular formula is C20H19F4N3O2. The minimum absolute atomic E-state index is 0.192. The van der Waals surface area contributed by atoms with E-state index in [-0.39, 0.29) is 6.10 Å². The summed E-state index contributed by atoms with van der Waals surface area (Å²) in [5.74, 6) is -1.33. The molecule has 0 amide bonds. The zero-order valence-electron chi connectivity index (χ0n) is 15.6. The summed E-state index contributed by atoms with van der Waals surface area (Å²) in [6.07, 6.45) is -3.31. The molecule has 0 N–H and O–H groups in total. The number of ether oxygens (including phenoxy) is 2. The fraction of sp³-hybridized carbons (Fsp3) is 0.350. The Morgan fingerprint density at radius 2 is 2.03 bits per heavy atom. The van der Waals surface area contributed by atoms with Crippen LogP contribution in [0.3, 0.4) is 0 Å². The number of benzene rings is 2. The maximum absolute atomic E-state index is 13.8. The van der Waals surface area contributed by atoms with E-state index in [1.165, 1.54) is 12.1 Å². The third-order valence-electron chi connectivity index (χ3n) is 4.84. The Balaban J connectivity index is 1.49. The van der Waals surface area contributed by atoms with Crippen LogP contribution in [0.1, 0.15) is 17.2 Å². The van der Waals surface area contributed by atoms with Gasteiger partial charge in [-0.3, -0.25) is 4.90 Å². The first kappa shape index (κ1) is 19.7. The lowest BCUT2D eigenvalue weighted by atomic mass is 10.1. The summed E-state index contributed by atoms with van der Waals surface area (Å²) in [7, 11) is 1.91. The molecule has 1 aliphatic heterocycles. The Kier molecular flexibility index (Phi) is 5.18. The van der Waals surface area contributed by atoms with Gasteiger partial charge in [-0.05, 0) is 35.4 Å². The Labute approximate surface area is 164 Å². The van der Waals surface area contributed by atoms with E-state index in [9.17, 15) is 17.6 Å². The number of rotatable bonds is 4. The normalized spacial score (nSPS) is 18.3. The molecule has 0 unspecified atom stereocenters. The molecule has 0 bridgehead atoms. The van der Waals surface area contributed by atoms with Gasteiger partial charge in [-0.1, -0.05) is 6.07 Å². The van der Waals surface area contributed by atoms with E-state index in [4.69, 9.17) is 4.74 Å². The van der Waals surface area contributed by atoms with E-state index in [1.807, 2.05) is 34.7 Å². The molecule has 0 aliphatic carbocycles. The second-order valence-corrected chi connectivity index (χ2v) is 7.04. The lowest BCUT2D eigenvalue weighted by molar-refractivity contribution is -0.274. The molecular weight excluding hydrogens is 390 g/mol. The molecule has 29 heavy (non-hydrogen) atoms. The summed E-state index contributed by atoms with van der Waals surface area (Å²) >= 11 is 0. The van der Waals surface area contributed by atoms with Gasteiger partial charge in [0.25, 0.3) is 0 Å². The molecule has 154 valence electrons. The predicted octanol–water partition coefficient (Wildman–Crippen LogP) is 4.18. The standard InChI is InChI=1S/C20H19F4N3O2/c1-26-12-25-17-3-2-14(8-18(17)26)19-11-27(4-5-28-19)10-13-6-15(21)9-16(7-13)29-20(22,23)24/h2-3,6-9,12,19H,4-5,10-11H2,1H3/t19-/m1/s1. The largest absolute Gasteiger partial charge is 0.573 e. The van der Waals surface area contributed by atoms with Crippen LogP contribution in [-0.2, 0) is 18.3 Å². The minimum atomic E-state index is -4.86. The highest BCUT2D eigenvalue weighted by molar-refractivity contribution is 5.76. The summed E-state index contributed by atoms with van der Waals surface area (Å²) in [5.41, 5.74) is 3.28. The molecule has 0 spiro atoms. The molecule has 1 atom stereocenters. The summed E-state index contributed by atoms with van der Waals surface area (Å²) in [6.45, 7) is 1.89. The zero-order chi connectivity index (χ0) is 20.6. The van der Waals surface area contributed by atoms with Crippen LogP contribution in [0.15, 0.2) is 42.7 Å². The lowest BCUT2D eigenvalue weighted by Crippen LogP contribution is -2.37. The van der Waals surface area contributed by atoms with Crippen LogP contribution in [0, 0.1) is 5.82 Å². The van der Waals surface area contributed by atoms with Crippen LogP contribution in [0.2, 0.25) is 0 Å². The quantitative estimate of drug-likeness (QED) is 0.606. The maximum Gasteiger partial charge on any atom is 0.573 e. The third-order valence-corrected chi connectivity index (χ3v) is 4.84. The van der Waals surface area contributed by atoms with Gasteiger partial charge in [0.05, 0.1) is 30.1 Å². The molecule has 2 aromatic carbocycles. The number of hydrogen-bond acceptors (Lipinski definition) is 4. The lowest BCUT2D eigenvalue weighted by Gasteiger charge is -2.33. The summed E-state index contributed by atoms with van der Waals surface area (Å²) in [4.78, 5) is 6.32. The SMILES string of the molecule is Cn1cnc2ccc([C@H]3CN(Cc4cc(F)cc(OC(F)(F)F)c4)CCO3)cc21. The van der Waals surface area contributed by atoms with Gasteiger partial charge in [0.15, 0.2) is 0 Å². The number of imidazole rings is 1. The van der Waals surface area contributed by atoms with Crippen molar-refractivity contribution >= 4 is 11.0 Å². The second-order valence-electron chi connectivity index (χ2n) is 7.04. The number of aromatic nitrogens is 2. The summed E-state index contributed by atoms with van der Waals surface area (Å²) in [6, 6.07) is 9.07. The highest BCUT2D eigenvalue weighted by atomic mass is 19.4. The topological polar surface area (TPSA) is 39.5 Å². The van der Waals surface area contributed by atoms with Crippen LogP contribution in [0.4, 0.5) is 17.6 Å². The Morgan fingerprint density at radius 1 is 1.21 bits per heavy atom. The number of fused-ring (bicyclic) bond motifs is 1. The Bertz CT molecular complexity index is 1020. The van der Waals surface area contributed by atoms with E-state index in [0.717, 1.165) is 22.7 Å². The fourth-order valence-electron chi connectivity index (χ4n) is 3.55. The smallest absolute Gasteiger partial charge is 0.406 e. The van der Waals surface area contributed by atoms with Gasteiger partial charge in [-0.25, -0.2) is 9.37 Å². The van der Waals surface area contributed by atoms with Crippen molar-refractivity contribution in [2.24, 2.45) is 7.05 Å². The number of halogens is 4. The highest BCUT2D eigenvalue weighted by Gasteiger charge is 2.31. The van der Waals surface area contributed by atoms with Crippen LogP contribution in [0.25, 0.3) is 11.0 Å². The van der Waals surface area contributed by atoms with Crippen molar-refractivity contribution in [1.82, 2.24) is 14.5 Å². The molecule has 0 saturated carbocycles. The monoisotopic (exact) mass is 409 g/mol. The van der Waals surface area contributed by atoms with E-state index in [1.54, 1.807) is 6.33 Å². The van der Waals surface area contributed by atoms with Crippen molar-refractivity contribution in [3.05, 3.63) is 59.7 Å². The number of hydrogen-bond donors (Lipinski definition) is 0. The first-order chi connectivity index (χ1) is 13.8. The predicted molar refractivity (Wildman–Crippen MR) is 97.8 cm³/mol. The molecule has 1 aromatic heterocycles. The molecule has 0 radical (unpaired) electrons. The maximum atomic E-state index is 13.8. The number of alkyl halides is 3. The van der Waals surface area contributed by atoms with Crippen LogP contribution in [-0.4, -0.2) is 40.5 Å². The van der Waals surface area contributed by atoms with Crippen molar-refractivity contribution in [3.8, 4) is 5.75 Å². The zero-order valence-corrected chi connectivity index (χ0v) is 15.6. The Morgan fingerprint density at radius 3 is 2.83 bits per heavy atom. The van der Waals surface area contributed by atoms with Crippen molar-refractivity contribution in [1.29, 1.82) is 0 Å². The molecule has 1 saturated heterocycles. The average molecular weight is 409 g/mol. The van der Waals surface area contributed by atoms with E-state index in [0.29, 0.717) is 31.8 Å². The molecule has 9 heteroatoms. The highest BCUT2D eigenvalue weighted by Crippen LogP contribution is 2.28. The van der Waals surface area contributed by atoms with E-state index >= 15 is 0 Å². The first-order valence-corrected chi connectivity index (χ1v) is 9.07. The number of aryl methyl sites for hydroxylation is 1. The summed E-state index contributed by atoms with van der Waals surface area (Å²) < 4.78 is 62.7. The molecule has 2 heterocycles. The number of nitrogens with zero attached hydrogens (tertiary/aromatic N) is 3. The third kappa shape index (κ3) is 4.68. The fourth-order valence-corrected chi connectivity index (χ4v) is 3.55. The number of morpholine rings is 1. The van der Waals surface area contributed by atoms with Gasteiger partial charge in [0, 0.05) is 32.7 Å². The molecule has 3 aromatic rings. The average Bonchev–Trinajstić information content (AvgIpc) is 3.00. The van der Waals surface area contributed by atoms with Gasteiger partial charge in [0.2, 0.25) is 0 Å². The van der Waals surface area contributed by atoms with Crippen LogP contribution >= 0.6 is 0 Å². The minimum Gasteiger partial charge on any atom is -0.406 e. The molecule has 1 aliphatic rings. The summed E-state index contributed by atoms with van der Waals surface area (Å²) in [5, 5.41) is 0. The van der Waals surface area contributed by atoms with Crippen molar-refractivity contribution in [2.75, 3.05) is 19.7 Å². The molecule has 5 nitrogen and oxygen atoms in total. The van der Waals surface area contributed by atoms with Gasteiger partial charge in [-0.15, -0.1) is 13.2 Å².